The van der Waals surface area contributed by atoms with Gasteiger partial charge in [0, 0.05) is 6.54 Å². The standard InChI is InChI=1S/C25H25F6N7O2/c1-12-32-21-15(26)5-13(6-17(21)37(12)8-19(28)29)20-16(27)7-38-22(20)23(39-2)34-24(35-38)33-18-3-4-36(11-25(18,30)31)14-9-40-10-14/h5-7,14,18-19H,3-4,8-11H2,1-2H3,(H,33,35)/i14D. The number of methoxy groups -OCH3 is 1. The highest BCUT2D eigenvalue weighted by Crippen LogP contribution is 2.37. The van der Waals surface area contributed by atoms with Crippen LogP contribution in [0.2, 0.25) is 0 Å². The van der Waals surface area contributed by atoms with Crippen LogP contribution in [0.15, 0.2) is 18.3 Å². The maximum Gasteiger partial charge on any atom is 0.280 e. The van der Waals surface area contributed by atoms with Crippen molar-refractivity contribution in [2.24, 2.45) is 0 Å². The Labute approximate surface area is 225 Å². The Morgan fingerprint density at radius 2 is 2.00 bits per heavy atom. The zero-order chi connectivity index (χ0) is 29.3. The van der Waals surface area contributed by atoms with E-state index in [-0.39, 0.29) is 71.5 Å². The van der Waals surface area contributed by atoms with Gasteiger partial charge in [0.15, 0.2) is 11.6 Å². The second-order valence-corrected chi connectivity index (χ2v) is 9.80. The van der Waals surface area contributed by atoms with Crippen molar-refractivity contribution in [3.05, 3.63) is 35.8 Å². The number of alkyl halides is 4. The highest BCUT2D eigenvalue weighted by Gasteiger charge is 2.47. The lowest BCUT2D eigenvalue weighted by atomic mass is 9.98. The fourth-order valence-electron chi connectivity index (χ4n) is 5.23. The van der Waals surface area contributed by atoms with Gasteiger partial charge in [-0.2, -0.15) is 4.98 Å². The molecule has 15 heteroatoms. The topological polar surface area (TPSA) is 81.7 Å². The molecule has 214 valence electrons. The Kier molecular flexibility index (Phi) is 6.22. The number of aromatic nitrogens is 5. The van der Waals surface area contributed by atoms with Crippen molar-refractivity contribution in [3.8, 4) is 17.0 Å². The first-order chi connectivity index (χ1) is 19.4. The maximum absolute atomic E-state index is 15.4. The van der Waals surface area contributed by atoms with Crippen LogP contribution in [0.4, 0.5) is 32.3 Å². The van der Waals surface area contributed by atoms with Gasteiger partial charge in [-0.05, 0) is 31.0 Å². The van der Waals surface area contributed by atoms with Crippen molar-refractivity contribution in [2.75, 3.05) is 38.7 Å². The van der Waals surface area contributed by atoms with Crippen molar-refractivity contribution >= 4 is 22.5 Å². The summed E-state index contributed by atoms with van der Waals surface area (Å²) in [4.78, 5) is 9.59. The lowest BCUT2D eigenvalue weighted by Crippen LogP contribution is -2.61. The number of likely N-dealkylation sites (tertiary alicyclic amines) is 1. The first kappa shape index (κ1) is 25.4. The Hall–Kier alpha value is -3.59. The predicted molar refractivity (Wildman–Crippen MR) is 132 cm³/mol. The number of imidazole rings is 1. The van der Waals surface area contributed by atoms with E-state index in [1.165, 1.54) is 25.0 Å². The fraction of sp³-hybridized carbons (Fsp3) is 0.480. The maximum atomic E-state index is 15.4. The number of anilines is 1. The zero-order valence-electron chi connectivity index (χ0n) is 22.4. The summed E-state index contributed by atoms with van der Waals surface area (Å²) in [7, 11) is 1.24. The Balaban J connectivity index is 1.36. The molecule has 0 amide bonds. The lowest BCUT2D eigenvalue weighted by molar-refractivity contribution is -0.131. The van der Waals surface area contributed by atoms with Gasteiger partial charge in [-0.25, -0.2) is 35.8 Å². The molecule has 2 aliphatic heterocycles. The Morgan fingerprint density at radius 1 is 1.23 bits per heavy atom. The van der Waals surface area contributed by atoms with Crippen molar-refractivity contribution in [3.63, 3.8) is 0 Å². The lowest BCUT2D eigenvalue weighted by Gasteiger charge is -2.44. The summed E-state index contributed by atoms with van der Waals surface area (Å²) < 4.78 is 108. The van der Waals surface area contributed by atoms with E-state index in [1.54, 1.807) is 0 Å². The molecule has 1 unspecified atom stereocenters. The number of halogens is 6. The van der Waals surface area contributed by atoms with Crippen LogP contribution < -0.4 is 10.1 Å². The molecule has 1 atom stereocenters. The molecule has 2 saturated heterocycles. The molecule has 6 rings (SSSR count). The number of aryl methyl sites for hydroxylation is 1. The van der Waals surface area contributed by atoms with Crippen LogP contribution in [-0.2, 0) is 11.3 Å². The number of rotatable bonds is 7. The third-order valence-electron chi connectivity index (χ3n) is 7.24. The van der Waals surface area contributed by atoms with Crippen molar-refractivity contribution in [2.45, 2.75) is 44.3 Å². The summed E-state index contributed by atoms with van der Waals surface area (Å²) in [6.07, 6.45) is -1.79. The van der Waals surface area contributed by atoms with Gasteiger partial charge in [-0.15, -0.1) is 5.10 Å². The van der Waals surface area contributed by atoms with Crippen molar-refractivity contribution in [1.82, 2.24) is 29.0 Å². The molecular weight excluding hydrogens is 544 g/mol. The number of fused-ring (bicyclic) bond motifs is 2. The number of hydrogen-bond donors (Lipinski definition) is 1. The normalized spacial score (nSPS) is 21.1. The highest BCUT2D eigenvalue weighted by atomic mass is 19.3. The molecule has 4 aromatic rings. The quantitative estimate of drug-likeness (QED) is 0.335. The summed E-state index contributed by atoms with van der Waals surface area (Å²) in [5, 5.41) is 6.77. The molecule has 0 bridgehead atoms. The molecule has 40 heavy (non-hydrogen) atoms. The average molecular weight is 571 g/mol. The van der Waals surface area contributed by atoms with Gasteiger partial charge < -0.3 is 19.4 Å². The first-order valence-corrected chi connectivity index (χ1v) is 12.4. The molecule has 0 aliphatic carbocycles. The minimum absolute atomic E-state index is 0.00349. The van der Waals surface area contributed by atoms with Gasteiger partial charge in [0.05, 0.1) is 64.1 Å². The number of piperidine rings is 1. The number of hydrogen-bond acceptors (Lipinski definition) is 7. The van der Waals surface area contributed by atoms with Crippen molar-refractivity contribution in [1.29, 1.82) is 0 Å². The molecule has 2 fully saturated rings. The summed E-state index contributed by atoms with van der Waals surface area (Å²) in [6.45, 7) is 0.411. The average Bonchev–Trinajstić information content (AvgIpc) is 3.38. The summed E-state index contributed by atoms with van der Waals surface area (Å²) in [5.74, 6) is -5.22. The van der Waals surface area contributed by atoms with Crippen LogP contribution in [-0.4, -0.2) is 86.9 Å². The van der Waals surface area contributed by atoms with E-state index in [2.05, 4.69) is 20.4 Å². The summed E-state index contributed by atoms with van der Waals surface area (Å²) in [6, 6.07) is -0.192. The molecule has 0 radical (unpaired) electrons. The summed E-state index contributed by atoms with van der Waals surface area (Å²) >= 11 is 0. The van der Waals surface area contributed by atoms with E-state index < -0.39 is 49.1 Å². The molecular formula is C25H25F6N7O2. The Bertz CT molecular complexity index is 1640. The van der Waals surface area contributed by atoms with Crippen LogP contribution in [0.5, 0.6) is 5.88 Å². The van der Waals surface area contributed by atoms with E-state index in [0.717, 1.165) is 21.3 Å². The molecule has 9 nitrogen and oxygen atoms in total. The minimum Gasteiger partial charge on any atom is -0.479 e. The number of nitrogens with zero attached hydrogens (tertiary/aromatic N) is 6. The van der Waals surface area contributed by atoms with E-state index in [1.807, 2.05) is 0 Å². The highest BCUT2D eigenvalue weighted by molar-refractivity contribution is 5.90. The van der Waals surface area contributed by atoms with E-state index >= 15 is 17.6 Å². The molecule has 1 N–H and O–H groups in total. The van der Waals surface area contributed by atoms with Crippen LogP contribution in [0, 0.1) is 18.6 Å². The molecule has 2 aliphatic rings. The molecule has 3 aromatic heterocycles. The number of ether oxygens (including phenoxy) is 2. The molecule has 5 heterocycles. The van der Waals surface area contributed by atoms with Crippen LogP contribution in [0.3, 0.4) is 0 Å². The largest absolute Gasteiger partial charge is 0.479 e. The number of nitrogens with one attached hydrogen (secondary N) is 1. The SMILES string of the molecule is [2H]C1(N2CCC(Nc3nc(OC)c4c(-c5cc(F)c6nc(C)n(CC(F)F)c6c5)c(F)cn4n3)C(F)(F)C2)COC1. The first-order valence-electron chi connectivity index (χ1n) is 12.9. The molecule has 0 saturated carbocycles. The second-order valence-electron chi connectivity index (χ2n) is 9.80. The van der Waals surface area contributed by atoms with E-state index in [4.69, 9.17) is 10.8 Å². The monoisotopic (exact) mass is 570 g/mol. The van der Waals surface area contributed by atoms with Gasteiger partial charge in [0.2, 0.25) is 11.8 Å². The zero-order valence-corrected chi connectivity index (χ0v) is 21.4. The Morgan fingerprint density at radius 3 is 2.65 bits per heavy atom. The fourth-order valence-corrected chi connectivity index (χ4v) is 5.23. The second kappa shape index (κ2) is 9.80. The van der Waals surface area contributed by atoms with Gasteiger partial charge in [-0.1, -0.05) is 0 Å². The van der Waals surface area contributed by atoms with Crippen LogP contribution in [0.1, 0.15) is 13.6 Å². The van der Waals surface area contributed by atoms with E-state index in [0.29, 0.717) is 0 Å². The number of benzene rings is 1. The van der Waals surface area contributed by atoms with Crippen LogP contribution >= 0.6 is 0 Å². The van der Waals surface area contributed by atoms with Gasteiger partial charge in [0.25, 0.3) is 12.3 Å². The summed E-state index contributed by atoms with van der Waals surface area (Å²) in [5.41, 5.74) is -0.284. The van der Waals surface area contributed by atoms with Gasteiger partial charge >= 0.3 is 0 Å². The van der Waals surface area contributed by atoms with Gasteiger partial charge in [-0.3, -0.25) is 4.90 Å². The smallest absolute Gasteiger partial charge is 0.280 e. The third-order valence-corrected chi connectivity index (χ3v) is 7.24. The third kappa shape index (κ3) is 4.50. The van der Waals surface area contributed by atoms with Gasteiger partial charge in [0.1, 0.15) is 16.9 Å². The molecule has 0 spiro atoms. The molecule has 1 aromatic carbocycles. The van der Waals surface area contributed by atoms with Crippen molar-refractivity contribution < 1.29 is 37.2 Å². The van der Waals surface area contributed by atoms with E-state index in [9.17, 15) is 8.78 Å². The predicted octanol–water partition coefficient (Wildman–Crippen LogP) is 4.13. The minimum atomic E-state index is -3.24. The van der Waals surface area contributed by atoms with Crippen LogP contribution in [0.25, 0.3) is 27.7 Å².